The van der Waals surface area contributed by atoms with Crippen molar-refractivity contribution in [3.63, 3.8) is 0 Å². The number of hydrogen-bond donors (Lipinski definition) is 1. The molecule has 0 radical (unpaired) electrons. The molecule has 1 aromatic carbocycles. The monoisotopic (exact) mass is 285 g/mol. The van der Waals surface area contributed by atoms with Crippen LogP contribution in [0, 0.1) is 12.3 Å². The van der Waals surface area contributed by atoms with E-state index in [1.807, 2.05) is 6.07 Å². The van der Waals surface area contributed by atoms with E-state index in [1.54, 1.807) is 0 Å². The van der Waals surface area contributed by atoms with Gasteiger partial charge in [-0.25, -0.2) is 0 Å². The largest absolute Gasteiger partial charge is 0.349 e. The number of aryl methyl sites for hydroxylation is 1. The van der Waals surface area contributed by atoms with Gasteiger partial charge in [0.05, 0.1) is 10.7 Å². The molecular weight excluding hydrogens is 270 g/mol. The summed E-state index contributed by atoms with van der Waals surface area (Å²) in [6, 6.07) is 6.18. The van der Waals surface area contributed by atoms with Gasteiger partial charge in [0.15, 0.2) is 0 Å². The van der Waals surface area contributed by atoms with Gasteiger partial charge in [0, 0.05) is 9.89 Å². The van der Waals surface area contributed by atoms with E-state index in [0.717, 1.165) is 15.1 Å². The maximum Gasteiger partial charge on any atom is 0.0851 e. The number of halogens is 1. The molecule has 0 heterocycles. The van der Waals surface area contributed by atoms with E-state index in [0.29, 0.717) is 0 Å². The molecule has 1 N–H and O–H groups in total. The second-order valence-corrected chi connectivity index (χ2v) is 5.95. The Labute approximate surface area is 105 Å². The summed E-state index contributed by atoms with van der Waals surface area (Å²) in [7, 11) is 0. The van der Waals surface area contributed by atoms with Crippen LogP contribution in [0.1, 0.15) is 26.3 Å². The van der Waals surface area contributed by atoms with Gasteiger partial charge >= 0.3 is 0 Å². The highest BCUT2D eigenvalue weighted by Crippen LogP contribution is 2.26. The van der Waals surface area contributed by atoms with Crippen LogP contribution in [-0.4, -0.2) is 4.99 Å². The highest BCUT2D eigenvalue weighted by molar-refractivity contribution is 9.10. The second-order valence-electron chi connectivity index (χ2n) is 4.69. The molecule has 0 atom stereocenters. The zero-order chi connectivity index (χ0) is 11.6. The third kappa shape index (κ3) is 3.58. The van der Waals surface area contributed by atoms with Crippen LogP contribution in [0.15, 0.2) is 22.7 Å². The van der Waals surface area contributed by atoms with Crippen LogP contribution in [0.2, 0.25) is 0 Å². The van der Waals surface area contributed by atoms with Gasteiger partial charge in [-0.3, -0.25) is 0 Å². The van der Waals surface area contributed by atoms with Crippen LogP contribution in [-0.2, 0) is 0 Å². The number of thiocarbonyl (C=S) groups is 1. The normalized spacial score (nSPS) is 11.3. The molecule has 0 aliphatic heterocycles. The number of benzene rings is 1. The van der Waals surface area contributed by atoms with Gasteiger partial charge in [0.2, 0.25) is 0 Å². The Morgan fingerprint density at radius 3 is 2.40 bits per heavy atom. The van der Waals surface area contributed by atoms with Crippen molar-refractivity contribution in [2.24, 2.45) is 5.41 Å². The molecule has 0 fully saturated rings. The Balaban J connectivity index is 2.87. The van der Waals surface area contributed by atoms with Gasteiger partial charge in [-0.2, -0.15) is 0 Å². The van der Waals surface area contributed by atoms with Gasteiger partial charge in [-0.15, -0.1) is 0 Å². The molecule has 1 rings (SSSR count). The SMILES string of the molecule is Cc1ccc(NC(=S)C(C)(C)C)c(Br)c1. The summed E-state index contributed by atoms with van der Waals surface area (Å²) < 4.78 is 1.05. The molecule has 1 aromatic rings. The average molecular weight is 286 g/mol. The van der Waals surface area contributed by atoms with Crippen molar-refractivity contribution >= 4 is 38.8 Å². The van der Waals surface area contributed by atoms with Crippen molar-refractivity contribution in [1.82, 2.24) is 0 Å². The van der Waals surface area contributed by atoms with Crippen LogP contribution in [0.25, 0.3) is 0 Å². The van der Waals surface area contributed by atoms with Crippen molar-refractivity contribution in [2.45, 2.75) is 27.7 Å². The minimum Gasteiger partial charge on any atom is -0.349 e. The van der Waals surface area contributed by atoms with Crippen LogP contribution < -0.4 is 5.32 Å². The minimum atomic E-state index is -0.000338. The quantitative estimate of drug-likeness (QED) is 0.760. The van der Waals surface area contributed by atoms with E-state index in [-0.39, 0.29) is 5.41 Å². The standard InChI is InChI=1S/C12H16BrNS/c1-8-5-6-10(9(13)7-8)14-11(15)12(2,3)4/h5-7H,1-4H3,(H,14,15). The minimum absolute atomic E-state index is 0.000338. The van der Waals surface area contributed by atoms with E-state index in [9.17, 15) is 0 Å². The van der Waals surface area contributed by atoms with E-state index in [1.165, 1.54) is 5.56 Å². The first kappa shape index (κ1) is 12.7. The number of rotatable bonds is 1. The van der Waals surface area contributed by atoms with Crippen molar-refractivity contribution < 1.29 is 0 Å². The highest BCUT2D eigenvalue weighted by Gasteiger charge is 2.17. The summed E-state index contributed by atoms with van der Waals surface area (Å²) in [5, 5.41) is 3.26. The average Bonchev–Trinajstić information content (AvgIpc) is 2.08. The first-order valence-electron chi connectivity index (χ1n) is 4.88. The smallest absolute Gasteiger partial charge is 0.0851 e. The van der Waals surface area contributed by atoms with Crippen molar-refractivity contribution in [2.75, 3.05) is 5.32 Å². The van der Waals surface area contributed by atoms with Crippen molar-refractivity contribution in [1.29, 1.82) is 0 Å². The van der Waals surface area contributed by atoms with E-state index in [2.05, 4.69) is 61.1 Å². The molecule has 0 bridgehead atoms. The predicted octanol–water partition coefficient (Wildman–Crippen LogP) is 4.54. The summed E-state index contributed by atoms with van der Waals surface area (Å²) in [5.74, 6) is 0. The summed E-state index contributed by atoms with van der Waals surface area (Å²) in [6.45, 7) is 8.37. The number of nitrogens with one attached hydrogen (secondary N) is 1. The summed E-state index contributed by atoms with van der Waals surface area (Å²) in [6.07, 6.45) is 0. The van der Waals surface area contributed by atoms with Gasteiger partial charge in [-0.1, -0.05) is 39.1 Å². The van der Waals surface area contributed by atoms with Crippen LogP contribution in [0.4, 0.5) is 5.69 Å². The molecule has 0 unspecified atom stereocenters. The molecule has 15 heavy (non-hydrogen) atoms. The van der Waals surface area contributed by atoms with Gasteiger partial charge < -0.3 is 5.32 Å². The molecule has 0 saturated heterocycles. The fourth-order valence-corrected chi connectivity index (χ4v) is 1.73. The fraction of sp³-hybridized carbons (Fsp3) is 0.417. The topological polar surface area (TPSA) is 12.0 Å². The van der Waals surface area contributed by atoms with Crippen LogP contribution in [0.5, 0.6) is 0 Å². The maximum atomic E-state index is 5.33. The van der Waals surface area contributed by atoms with Gasteiger partial charge in [-0.05, 0) is 40.5 Å². The molecule has 1 nitrogen and oxygen atoms in total. The number of anilines is 1. The third-order valence-electron chi connectivity index (χ3n) is 2.05. The zero-order valence-electron chi connectivity index (χ0n) is 9.52. The predicted molar refractivity (Wildman–Crippen MR) is 74.6 cm³/mol. The zero-order valence-corrected chi connectivity index (χ0v) is 11.9. The lowest BCUT2D eigenvalue weighted by atomic mass is 9.96. The van der Waals surface area contributed by atoms with Crippen LogP contribution in [0.3, 0.4) is 0 Å². The maximum absolute atomic E-state index is 5.33. The third-order valence-corrected chi connectivity index (χ3v) is 3.42. The second kappa shape index (κ2) is 4.62. The van der Waals surface area contributed by atoms with Crippen molar-refractivity contribution in [3.05, 3.63) is 28.2 Å². The highest BCUT2D eigenvalue weighted by atomic mass is 79.9. The summed E-state index contributed by atoms with van der Waals surface area (Å²) >= 11 is 8.85. The Bertz CT molecular complexity index is 380. The first-order valence-corrected chi connectivity index (χ1v) is 6.08. The Morgan fingerprint density at radius 2 is 1.93 bits per heavy atom. The molecule has 0 aliphatic carbocycles. The lowest BCUT2D eigenvalue weighted by Gasteiger charge is -2.21. The fourth-order valence-electron chi connectivity index (χ4n) is 1.03. The first-order chi connectivity index (χ1) is 6.80. The Kier molecular flexibility index (Phi) is 3.90. The number of hydrogen-bond acceptors (Lipinski definition) is 1. The summed E-state index contributed by atoms with van der Waals surface area (Å²) in [5.41, 5.74) is 2.26. The lowest BCUT2D eigenvalue weighted by molar-refractivity contribution is 0.600. The Hall–Kier alpha value is -0.410. The van der Waals surface area contributed by atoms with E-state index >= 15 is 0 Å². The molecule has 0 aliphatic rings. The molecule has 0 amide bonds. The molecular formula is C12H16BrNS. The molecule has 82 valence electrons. The molecule has 0 saturated carbocycles. The molecule has 0 aromatic heterocycles. The van der Waals surface area contributed by atoms with Crippen molar-refractivity contribution in [3.8, 4) is 0 Å². The molecule has 3 heteroatoms. The summed E-state index contributed by atoms with van der Waals surface area (Å²) in [4.78, 5) is 0.854. The van der Waals surface area contributed by atoms with E-state index in [4.69, 9.17) is 12.2 Å². The van der Waals surface area contributed by atoms with Gasteiger partial charge in [0.25, 0.3) is 0 Å². The van der Waals surface area contributed by atoms with Gasteiger partial charge in [0.1, 0.15) is 0 Å². The molecule has 0 spiro atoms. The van der Waals surface area contributed by atoms with Crippen LogP contribution >= 0.6 is 28.1 Å². The lowest BCUT2D eigenvalue weighted by Crippen LogP contribution is -2.25. The van der Waals surface area contributed by atoms with E-state index < -0.39 is 0 Å². The Morgan fingerprint density at radius 1 is 1.33 bits per heavy atom.